The van der Waals surface area contributed by atoms with Crippen LogP contribution in [-0.2, 0) is 4.74 Å². The summed E-state index contributed by atoms with van der Waals surface area (Å²) in [6.45, 7) is 4.10. The van der Waals surface area contributed by atoms with E-state index in [1.54, 1.807) is 20.2 Å². The number of benzene rings is 2. The number of pyridine rings is 1. The van der Waals surface area contributed by atoms with Crippen LogP contribution in [0.25, 0.3) is 10.9 Å². The summed E-state index contributed by atoms with van der Waals surface area (Å²) >= 11 is 0. The molecular formula is C20H20N2O3. The first kappa shape index (κ1) is 16.8. The van der Waals surface area contributed by atoms with Crippen molar-refractivity contribution in [3.8, 4) is 5.75 Å². The first-order valence-electron chi connectivity index (χ1n) is 8.10. The molecule has 0 atom stereocenters. The summed E-state index contributed by atoms with van der Waals surface area (Å²) < 4.78 is 10.5. The zero-order chi connectivity index (χ0) is 17.8. The van der Waals surface area contributed by atoms with Crippen LogP contribution in [0.2, 0.25) is 0 Å². The third-order valence-electron chi connectivity index (χ3n) is 3.86. The number of methoxy groups -OCH3 is 1. The van der Waals surface area contributed by atoms with Gasteiger partial charge in [0.25, 0.3) is 0 Å². The van der Waals surface area contributed by atoms with Crippen molar-refractivity contribution in [2.75, 3.05) is 19.0 Å². The molecule has 2 aromatic carbocycles. The van der Waals surface area contributed by atoms with E-state index < -0.39 is 5.97 Å². The molecule has 0 saturated carbocycles. The van der Waals surface area contributed by atoms with Gasteiger partial charge in [-0.1, -0.05) is 17.7 Å². The van der Waals surface area contributed by atoms with E-state index in [-0.39, 0.29) is 0 Å². The van der Waals surface area contributed by atoms with E-state index in [0.717, 1.165) is 27.9 Å². The van der Waals surface area contributed by atoms with Gasteiger partial charge in [-0.2, -0.15) is 0 Å². The Kier molecular flexibility index (Phi) is 4.84. The Morgan fingerprint density at radius 2 is 2.04 bits per heavy atom. The third-order valence-corrected chi connectivity index (χ3v) is 3.86. The van der Waals surface area contributed by atoms with Crippen LogP contribution >= 0.6 is 0 Å². The molecule has 0 aliphatic carbocycles. The molecule has 25 heavy (non-hydrogen) atoms. The number of esters is 1. The van der Waals surface area contributed by atoms with Crippen molar-refractivity contribution in [1.82, 2.24) is 4.98 Å². The SMILES string of the molecule is CCOC(=O)c1cnc2ccc(C)cc2c1Nc1cccc(OC)c1. The van der Waals surface area contributed by atoms with Gasteiger partial charge in [0.2, 0.25) is 0 Å². The number of hydrogen-bond acceptors (Lipinski definition) is 5. The molecule has 0 spiro atoms. The largest absolute Gasteiger partial charge is 0.497 e. The number of anilines is 2. The fourth-order valence-corrected chi connectivity index (χ4v) is 2.65. The maximum atomic E-state index is 12.4. The van der Waals surface area contributed by atoms with Gasteiger partial charge in [-0.25, -0.2) is 4.79 Å². The van der Waals surface area contributed by atoms with Crippen LogP contribution < -0.4 is 10.1 Å². The molecule has 3 aromatic rings. The number of fused-ring (bicyclic) bond motifs is 1. The number of hydrogen-bond donors (Lipinski definition) is 1. The zero-order valence-electron chi connectivity index (χ0n) is 14.5. The molecule has 0 aliphatic rings. The lowest BCUT2D eigenvalue weighted by Crippen LogP contribution is -2.09. The van der Waals surface area contributed by atoms with Crippen LogP contribution in [-0.4, -0.2) is 24.7 Å². The third kappa shape index (κ3) is 3.55. The fraction of sp³-hybridized carbons (Fsp3) is 0.200. The summed E-state index contributed by atoms with van der Waals surface area (Å²) in [5, 5.41) is 4.20. The molecule has 1 aromatic heterocycles. The maximum Gasteiger partial charge on any atom is 0.341 e. The molecular weight excluding hydrogens is 316 g/mol. The lowest BCUT2D eigenvalue weighted by atomic mass is 10.1. The second kappa shape index (κ2) is 7.21. The van der Waals surface area contributed by atoms with E-state index in [9.17, 15) is 4.79 Å². The second-order valence-corrected chi connectivity index (χ2v) is 5.64. The van der Waals surface area contributed by atoms with Crippen molar-refractivity contribution in [1.29, 1.82) is 0 Å². The van der Waals surface area contributed by atoms with E-state index in [2.05, 4.69) is 10.3 Å². The van der Waals surface area contributed by atoms with Crippen molar-refractivity contribution in [3.63, 3.8) is 0 Å². The number of rotatable bonds is 5. The van der Waals surface area contributed by atoms with Gasteiger partial charge in [0.1, 0.15) is 11.3 Å². The first-order valence-corrected chi connectivity index (χ1v) is 8.10. The Morgan fingerprint density at radius 1 is 1.20 bits per heavy atom. The molecule has 1 heterocycles. The number of ether oxygens (including phenoxy) is 2. The predicted molar refractivity (Wildman–Crippen MR) is 98.7 cm³/mol. The average Bonchev–Trinajstić information content (AvgIpc) is 2.62. The van der Waals surface area contributed by atoms with Crippen molar-refractivity contribution >= 4 is 28.2 Å². The number of aryl methyl sites for hydroxylation is 1. The van der Waals surface area contributed by atoms with Crippen LogP contribution in [0.5, 0.6) is 5.75 Å². The van der Waals surface area contributed by atoms with E-state index in [0.29, 0.717) is 17.9 Å². The van der Waals surface area contributed by atoms with Gasteiger partial charge in [-0.15, -0.1) is 0 Å². The molecule has 1 N–H and O–H groups in total. The Labute approximate surface area is 146 Å². The highest BCUT2D eigenvalue weighted by Gasteiger charge is 2.17. The van der Waals surface area contributed by atoms with Gasteiger partial charge in [-0.3, -0.25) is 4.98 Å². The van der Waals surface area contributed by atoms with Crippen LogP contribution in [0, 0.1) is 6.92 Å². The molecule has 0 bridgehead atoms. The average molecular weight is 336 g/mol. The van der Waals surface area contributed by atoms with Crippen molar-refractivity contribution < 1.29 is 14.3 Å². The first-order chi connectivity index (χ1) is 12.1. The van der Waals surface area contributed by atoms with Crippen LogP contribution in [0.1, 0.15) is 22.8 Å². The number of carbonyl (C=O) groups excluding carboxylic acids is 1. The summed E-state index contributed by atoms with van der Waals surface area (Å²) in [7, 11) is 1.62. The van der Waals surface area contributed by atoms with E-state index in [4.69, 9.17) is 9.47 Å². The van der Waals surface area contributed by atoms with Crippen LogP contribution in [0.4, 0.5) is 11.4 Å². The molecule has 0 amide bonds. The topological polar surface area (TPSA) is 60.5 Å². The minimum Gasteiger partial charge on any atom is -0.497 e. The number of nitrogens with zero attached hydrogens (tertiary/aromatic N) is 1. The Morgan fingerprint density at radius 3 is 2.80 bits per heavy atom. The van der Waals surface area contributed by atoms with Gasteiger partial charge in [0.15, 0.2) is 0 Å². The zero-order valence-corrected chi connectivity index (χ0v) is 14.5. The summed E-state index contributed by atoms with van der Waals surface area (Å²) in [6, 6.07) is 13.5. The van der Waals surface area contributed by atoms with Gasteiger partial charge < -0.3 is 14.8 Å². The number of carbonyl (C=O) groups is 1. The van der Waals surface area contributed by atoms with Gasteiger partial charge >= 0.3 is 5.97 Å². The lowest BCUT2D eigenvalue weighted by Gasteiger charge is -2.15. The molecule has 3 rings (SSSR count). The van der Waals surface area contributed by atoms with E-state index in [1.165, 1.54) is 0 Å². The van der Waals surface area contributed by atoms with Crippen molar-refractivity contribution in [2.45, 2.75) is 13.8 Å². The molecule has 0 unspecified atom stereocenters. The predicted octanol–water partition coefficient (Wildman–Crippen LogP) is 4.47. The van der Waals surface area contributed by atoms with Crippen molar-refractivity contribution in [3.05, 3.63) is 59.8 Å². The molecule has 0 saturated heterocycles. The minimum absolute atomic E-state index is 0.309. The van der Waals surface area contributed by atoms with Crippen LogP contribution in [0.3, 0.4) is 0 Å². The normalized spacial score (nSPS) is 10.5. The highest BCUT2D eigenvalue weighted by molar-refractivity contribution is 6.06. The molecule has 0 radical (unpaired) electrons. The highest BCUT2D eigenvalue weighted by atomic mass is 16.5. The smallest absolute Gasteiger partial charge is 0.341 e. The minimum atomic E-state index is -0.399. The molecule has 5 nitrogen and oxygen atoms in total. The summed E-state index contributed by atoms with van der Waals surface area (Å²) in [5.41, 5.74) is 3.80. The fourth-order valence-electron chi connectivity index (χ4n) is 2.65. The number of nitrogens with one attached hydrogen (secondary N) is 1. The molecule has 128 valence electrons. The van der Waals surface area contributed by atoms with Gasteiger partial charge in [0.05, 0.1) is 24.9 Å². The lowest BCUT2D eigenvalue weighted by molar-refractivity contribution is 0.0527. The maximum absolute atomic E-state index is 12.4. The summed E-state index contributed by atoms with van der Waals surface area (Å²) in [5.74, 6) is 0.334. The summed E-state index contributed by atoms with van der Waals surface area (Å²) in [6.07, 6.45) is 1.55. The van der Waals surface area contributed by atoms with E-state index in [1.807, 2.05) is 49.4 Å². The molecule has 0 fully saturated rings. The quantitative estimate of drug-likeness (QED) is 0.697. The highest BCUT2D eigenvalue weighted by Crippen LogP contribution is 2.31. The van der Waals surface area contributed by atoms with E-state index >= 15 is 0 Å². The standard InChI is InChI=1S/C20H20N2O3/c1-4-25-20(23)17-12-21-18-9-8-13(2)10-16(18)19(17)22-14-6-5-7-15(11-14)24-3/h5-12H,4H2,1-3H3,(H,21,22). The molecule has 0 aliphatic heterocycles. The summed E-state index contributed by atoms with van der Waals surface area (Å²) in [4.78, 5) is 16.8. The van der Waals surface area contributed by atoms with Crippen molar-refractivity contribution in [2.24, 2.45) is 0 Å². The monoisotopic (exact) mass is 336 g/mol. The number of aromatic nitrogens is 1. The van der Waals surface area contributed by atoms with Gasteiger partial charge in [-0.05, 0) is 38.1 Å². The van der Waals surface area contributed by atoms with Gasteiger partial charge in [0, 0.05) is 23.3 Å². The second-order valence-electron chi connectivity index (χ2n) is 5.64. The molecule has 5 heteroatoms. The van der Waals surface area contributed by atoms with Crippen LogP contribution in [0.15, 0.2) is 48.7 Å². The Hall–Kier alpha value is -3.08. The Balaban J connectivity index is 2.15. The Bertz CT molecular complexity index is 922.